The largest absolute Gasteiger partial charge is 0.371 e. The second kappa shape index (κ2) is 3.70. The lowest BCUT2D eigenvalue weighted by atomic mass is 10.1. The van der Waals surface area contributed by atoms with E-state index in [2.05, 4.69) is 35.1 Å². The fourth-order valence-corrected chi connectivity index (χ4v) is 1.98. The van der Waals surface area contributed by atoms with Gasteiger partial charge in [0.2, 0.25) is 0 Å². The Kier molecular flexibility index (Phi) is 2.39. The summed E-state index contributed by atoms with van der Waals surface area (Å²) in [7, 11) is 0. The molecule has 74 valence electrons. The first-order valence-corrected chi connectivity index (χ1v) is 4.96. The number of hydrogen-bond donors (Lipinski definition) is 1. The summed E-state index contributed by atoms with van der Waals surface area (Å²) in [5, 5.41) is 3.53. The summed E-state index contributed by atoms with van der Waals surface area (Å²) in [5.74, 6) is 5.12. The van der Waals surface area contributed by atoms with Crippen molar-refractivity contribution in [3.05, 3.63) is 29.3 Å². The van der Waals surface area contributed by atoms with E-state index in [9.17, 15) is 0 Å². The minimum atomic E-state index is 1.08. The van der Waals surface area contributed by atoms with E-state index in [1.54, 1.807) is 6.21 Å². The lowest BCUT2D eigenvalue weighted by molar-refractivity contribution is 0.868. The van der Waals surface area contributed by atoms with Crippen LogP contribution in [-0.2, 0) is 6.42 Å². The van der Waals surface area contributed by atoms with Crippen molar-refractivity contribution in [1.82, 2.24) is 0 Å². The van der Waals surface area contributed by atoms with Crippen molar-refractivity contribution in [1.29, 1.82) is 0 Å². The molecule has 0 saturated heterocycles. The van der Waals surface area contributed by atoms with E-state index in [0.29, 0.717) is 0 Å². The smallest absolute Gasteiger partial charge is 0.0538 e. The Bertz CT molecular complexity index is 358. The van der Waals surface area contributed by atoms with E-state index >= 15 is 0 Å². The van der Waals surface area contributed by atoms with Crippen LogP contribution in [0.2, 0.25) is 0 Å². The summed E-state index contributed by atoms with van der Waals surface area (Å²) in [6.07, 6.45) is 2.82. The molecule has 0 saturated carbocycles. The van der Waals surface area contributed by atoms with Crippen molar-refractivity contribution < 1.29 is 0 Å². The number of nitrogens with two attached hydrogens (primary N) is 1. The summed E-state index contributed by atoms with van der Waals surface area (Å²) in [4.78, 5) is 2.39. The first-order chi connectivity index (χ1) is 6.85. The number of likely N-dealkylation sites (N-methyl/N-ethyl adjacent to an activating group) is 1. The van der Waals surface area contributed by atoms with Gasteiger partial charge in [0.1, 0.15) is 0 Å². The van der Waals surface area contributed by atoms with Gasteiger partial charge in [-0.15, -0.1) is 0 Å². The molecule has 3 heteroatoms. The monoisotopic (exact) mass is 189 g/mol. The molecule has 1 aromatic carbocycles. The van der Waals surface area contributed by atoms with Crippen LogP contribution < -0.4 is 10.7 Å². The number of anilines is 1. The highest BCUT2D eigenvalue weighted by Gasteiger charge is 2.16. The third-order valence-corrected chi connectivity index (χ3v) is 2.70. The van der Waals surface area contributed by atoms with E-state index in [0.717, 1.165) is 25.1 Å². The molecule has 2 N–H and O–H groups in total. The van der Waals surface area contributed by atoms with Crippen LogP contribution in [0.15, 0.2) is 23.3 Å². The molecule has 0 amide bonds. The van der Waals surface area contributed by atoms with Crippen molar-refractivity contribution >= 4 is 11.9 Å². The Balaban J connectivity index is 2.34. The van der Waals surface area contributed by atoms with Crippen molar-refractivity contribution in [3.63, 3.8) is 0 Å². The van der Waals surface area contributed by atoms with E-state index in [1.165, 1.54) is 11.3 Å². The van der Waals surface area contributed by atoms with Gasteiger partial charge in [0, 0.05) is 18.8 Å². The third-order valence-electron chi connectivity index (χ3n) is 2.70. The summed E-state index contributed by atoms with van der Waals surface area (Å²) < 4.78 is 0. The molecular weight excluding hydrogens is 174 g/mol. The van der Waals surface area contributed by atoms with Crippen molar-refractivity contribution in [2.45, 2.75) is 13.3 Å². The standard InChI is InChI=1S/C11H15N3/c1-2-14-6-5-10-7-9(8-13-12)3-4-11(10)14/h3-4,7-8H,2,5-6,12H2,1H3. The maximum absolute atomic E-state index is 5.12. The zero-order valence-corrected chi connectivity index (χ0v) is 8.40. The molecule has 1 heterocycles. The summed E-state index contributed by atoms with van der Waals surface area (Å²) in [6.45, 7) is 4.40. The molecule has 0 aliphatic carbocycles. The van der Waals surface area contributed by atoms with Gasteiger partial charge in [-0.05, 0) is 36.6 Å². The van der Waals surface area contributed by atoms with Gasteiger partial charge in [-0.3, -0.25) is 0 Å². The number of rotatable bonds is 2. The molecule has 0 radical (unpaired) electrons. The normalized spacial score (nSPS) is 15.1. The Hall–Kier alpha value is -1.51. The molecule has 2 rings (SSSR count). The Morgan fingerprint density at radius 2 is 2.43 bits per heavy atom. The number of hydrogen-bond acceptors (Lipinski definition) is 3. The Labute approximate surface area is 84.2 Å². The van der Waals surface area contributed by atoms with Gasteiger partial charge < -0.3 is 10.7 Å². The Morgan fingerprint density at radius 1 is 1.57 bits per heavy atom. The SMILES string of the molecule is CCN1CCc2cc(C=NN)ccc21. The van der Waals surface area contributed by atoms with E-state index in [-0.39, 0.29) is 0 Å². The van der Waals surface area contributed by atoms with E-state index in [4.69, 9.17) is 5.84 Å². The van der Waals surface area contributed by atoms with Crippen LogP contribution >= 0.6 is 0 Å². The van der Waals surface area contributed by atoms with Crippen LogP contribution in [0.5, 0.6) is 0 Å². The summed E-state index contributed by atoms with van der Waals surface area (Å²) in [5.41, 5.74) is 3.86. The van der Waals surface area contributed by atoms with Crippen LogP contribution in [0.25, 0.3) is 0 Å². The minimum absolute atomic E-state index is 1.08. The average molecular weight is 189 g/mol. The maximum atomic E-state index is 5.12. The van der Waals surface area contributed by atoms with Gasteiger partial charge in [-0.2, -0.15) is 5.10 Å². The molecule has 14 heavy (non-hydrogen) atoms. The van der Waals surface area contributed by atoms with Crippen LogP contribution in [0.1, 0.15) is 18.1 Å². The zero-order valence-electron chi connectivity index (χ0n) is 8.40. The number of hydrazone groups is 1. The molecule has 0 unspecified atom stereocenters. The predicted molar refractivity (Wildman–Crippen MR) is 59.8 cm³/mol. The van der Waals surface area contributed by atoms with Crippen LogP contribution in [0.4, 0.5) is 5.69 Å². The van der Waals surface area contributed by atoms with Gasteiger partial charge in [0.25, 0.3) is 0 Å². The molecule has 0 bridgehead atoms. The topological polar surface area (TPSA) is 41.6 Å². The highest BCUT2D eigenvalue weighted by Crippen LogP contribution is 2.27. The predicted octanol–water partition coefficient (Wildman–Crippen LogP) is 1.36. The quantitative estimate of drug-likeness (QED) is 0.433. The fraction of sp³-hybridized carbons (Fsp3) is 0.364. The van der Waals surface area contributed by atoms with Crippen molar-refractivity contribution in [2.75, 3.05) is 18.0 Å². The molecule has 1 aliphatic rings. The lowest BCUT2D eigenvalue weighted by Gasteiger charge is -2.16. The van der Waals surface area contributed by atoms with Gasteiger partial charge in [0.15, 0.2) is 0 Å². The van der Waals surface area contributed by atoms with Crippen molar-refractivity contribution in [2.24, 2.45) is 10.9 Å². The molecular formula is C11H15N3. The molecule has 0 atom stereocenters. The summed E-state index contributed by atoms with van der Waals surface area (Å²) in [6, 6.07) is 6.38. The average Bonchev–Trinajstić information content (AvgIpc) is 2.60. The number of benzene rings is 1. The lowest BCUT2D eigenvalue weighted by Crippen LogP contribution is -2.18. The second-order valence-corrected chi connectivity index (χ2v) is 3.50. The highest BCUT2D eigenvalue weighted by atomic mass is 15.1. The zero-order chi connectivity index (χ0) is 9.97. The van der Waals surface area contributed by atoms with E-state index in [1.807, 2.05) is 0 Å². The van der Waals surface area contributed by atoms with Gasteiger partial charge in [0.05, 0.1) is 6.21 Å². The van der Waals surface area contributed by atoms with Crippen LogP contribution in [0.3, 0.4) is 0 Å². The molecule has 0 spiro atoms. The van der Waals surface area contributed by atoms with Gasteiger partial charge in [-0.1, -0.05) is 6.07 Å². The van der Waals surface area contributed by atoms with Gasteiger partial charge in [-0.25, -0.2) is 0 Å². The number of nitrogens with zero attached hydrogens (tertiary/aromatic N) is 2. The minimum Gasteiger partial charge on any atom is -0.371 e. The molecule has 3 nitrogen and oxygen atoms in total. The van der Waals surface area contributed by atoms with Crippen LogP contribution in [-0.4, -0.2) is 19.3 Å². The third kappa shape index (κ3) is 1.45. The first-order valence-electron chi connectivity index (χ1n) is 4.96. The fourth-order valence-electron chi connectivity index (χ4n) is 1.98. The second-order valence-electron chi connectivity index (χ2n) is 3.50. The number of fused-ring (bicyclic) bond motifs is 1. The molecule has 0 aromatic heterocycles. The highest BCUT2D eigenvalue weighted by molar-refractivity contribution is 5.81. The Morgan fingerprint density at radius 3 is 3.14 bits per heavy atom. The molecule has 1 aliphatic heterocycles. The molecule has 1 aromatic rings. The first kappa shape index (κ1) is 9.06. The van der Waals surface area contributed by atoms with Gasteiger partial charge >= 0.3 is 0 Å². The molecule has 0 fully saturated rings. The van der Waals surface area contributed by atoms with Crippen molar-refractivity contribution in [3.8, 4) is 0 Å². The van der Waals surface area contributed by atoms with Crippen LogP contribution in [0, 0.1) is 0 Å². The maximum Gasteiger partial charge on any atom is 0.0538 e. The van der Waals surface area contributed by atoms with E-state index < -0.39 is 0 Å². The summed E-state index contributed by atoms with van der Waals surface area (Å²) >= 11 is 0.